The van der Waals surface area contributed by atoms with Gasteiger partial charge in [-0.2, -0.15) is 0 Å². The Kier molecular flexibility index (Phi) is 3.71. The van der Waals surface area contributed by atoms with Gasteiger partial charge in [0.05, 0.1) is 12.6 Å². The Bertz CT molecular complexity index is 499. The molecule has 1 aromatic rings. The summed E-state index contributed by atoms with van der Waals surface area (Å²) in [4.78, 5) is 12.5. The monoisotopic (exact) mass is 262 g/mol. The molecule has 1 aromatic heterocycles. The Morgan fingerprint density at radius 1 is 1.37 bits per heavy atom. The quantitative estimate of drug-likeness (QED) is 0.876. The molecule has 1 N–H and O–H groups in total. The summed E-state index contributed by atoms with van der Waals surface area (Å²) in [6.07, 6.45) is 4.88. The van der Waals surface area contributed by atoms with Crippen LogP contribution < -0.4 is 10.9 Å². The van der Waals surface area contributed by atoms with Crippen LogP contribution in [0.2, 0.25) is 0 Å². The van der Waals surface area contributed by atoms with Crippen molar-refractivity contribution in [1.29, 1.82) is 0 Å². The highest BCUT2D eigenvalue weighted by Crippen LogP contribution is 2.19. The van der Waals surface area contributed by atoms with E-state index < -0.39 is 0 Å². The molecule has 1 atom stereocenters. The standard InChI is InChI=1S/C15H22N2O2/c1-11-4-5-12(9-16-13-6-7-13)15(18)17(11)10-14-3-2-8-19-14/h4-5,13-14,16H,2-3,6-10H2,1H3. The molecular formula is C15H22N2O2. The van der Waals surface area contributed by atoms with Crippen molar-refractivity contribution in [3.8, 4) is 0 Å². The van der Waals surface area contributed by atoms with Gasteiger partial charge < -0.3 is 14.6 Å². The van der Waals surface area contributed by atoms with E-state index in [0.717, 1.165) is 30.7 Å². The van der Waals surface area contributed by atoms with E-state index in [4.69, 9.17) is 4.74 Å². The molecule has 0 spiro atoms. The van der Waals surface area contributed by atoms with Gasteiger partial charge in [-0.05, 0) is 38.7 Å². The molecular weight excluding hydrogens is 240 g/mol. The van der Waals surface area contributed by atoms with Crippen LogP contribution in [0.1, 0.15) is 36.9 Å². The van der Waals surface area contributed by atoms with E-state index in [1.54, 1.807) is 0 Å². The van der Waals surface area contributed by atoms with Crippen LogP contribution in [0.15, 0.2) is 16.9 Å². The second-order valence-corrected chi connectivity index (χ2v) is 5.71. The fourth-order valence-corrected chi connectivity index (χ4v) is 2.61. The summed E-state index contributed by atoms with van der Waals surface area (Å²) >= 11 is 0. The van der Waals surface area contributed by atoms with E-state index in [9.17, 15) is 4.79 Å². The van der Waals surface area contributed by atoms with Crippen molar-refractivity contribution in [3.63, 3.8) is 0 Å². The first-order valence-corrected chi connectivity index (χ1v) is 7.28. The van der Waals surface area contributed by atoms with Crippen LogP contribution in [-0.2, 0) is 17.8 Å². The van der Waals surface area contributed by atoms with Gasteiger partial charge in [-0.1, -0.05) is 6.07 Å². The summed E-state index contributed by atoms with van der Waals surface area (Å²) in [5.41, 5.74) is 2.04. The minimum atomic E-state index is 0.142. The Morgan fingerprint density at radius 2 is 2.21 bits per heavy atom. The number of ether oxygens (including phenoxy) is 1. The molecule has 4 heteroatoms. The summed E-state index contributed by atoms with van der Waals surface area (Å²) in [6.45, 7) is 4.22. The highest BCUT2D eigenvalue weighted by molar-refractivity contribution is 5.16. The van der Waals surface area contributed by atoms with Gasteiger partial charge in [-0.25, -0.2) is 0 Å². The summed E-state index contributed by atoms with van der Waals surface area (Å²) in [5.74, 6) is 0. The lowest BCUT2D eigenvalue weighted by Gasteiger charge is -2.16. The fourth-order valence-electron chi connectivity index (χ4n) is 2.61. The van der Waals surface area contributed by atoms with E-state index >= 15 is 0 Å². The molecule has 104 valence electrons. The Morgan fingerprint density at radius 3 is 2.89 bits per heavy atom. The summed E-state index contributed by atoms with van der Waals surface area (Å²) in [7, 11) is 0. The molecule has 0 radical (unpaired) electrons. The van der Waals surface area contributed by atoms with E-state index in [2.05, 4.69) is 5.32 Å². The molecule has 4 nitrogen and oxygen atoms in total. The second-order valence-electron chi connectivity index (χ2n) is 5.71. The van der Waals surface area contributed by atoms with Gasteiger partial charge in [-0.3, -0.25) is 4.79 Å². The summed E-state index contributed by atoms with van der Waals surface area (Å²) in [5, 5.41) is 3.41. The molecule has 2 aliphatic rings. The lowest BCUT2D eigenvalue weighted by Crippen LogP contribution is -2.32. The molecule has 2 heterocycles. The van der Waals surface area contributed by atoms with Crippen LogP contribution in [0.5, 0.6) is 0 Å². The normalized spacial score (nSPS) is 22.9. The third-order valence-electron chi connectivity index (χ3n) is 4.04. The maximum Gasteiger partial charge on any atom is 0.255 e. The Balaban J connectivity index is 1.76. The fraction of sp³-hybridized carbons (Fsp3) is 0.667. The molecule has 1 saturated carbocycles. The van der Waals surface area contributed by atoms with Gasteiger partial charge in [-0.15, -0.1) is 0 Å². The number of aromatic nitrogens is 1. The van der Waals surface area contributed by atoms with Crippen molar-refractivity contribution < 1.29 is 4.74 Å². The highest BCUT2D eigenvalue weighted by atomic mass is 16.5. The average molecular weight is 262 g/mol. The number of nitrogens with one attached hydrogen (secondary N) is 1. The maximum atomic E-state index is 12.5. The zero-order valence-electron chi connectivity index (χ0n) is 11.5. The van der Waals surface area contributed by atoms with Crippen LogP contribution in [0.3, 0.4) is 0 Å². The maximum absolute atomic E-state index is 12.5. The van der Waals surface area contributed by atoms with Gasteiger partial charge in [0.1, 0.15) is 0 Å². The van der Waals surface area contributed by atoms with E-state index in [1.165, 1.54) is 12.8 Å². The van der Waals surface area contributed by atoms with Gasteiger partial charge in [0.15, 0.2) is 0 Å². The molecule has 19 heavy (non-hydrogen) atoms. The molecule has 1 aliphatic heterocycles. The average Bonchev–Trinajstić information content (AvgIpc) is 3.09. The number of hydrogen-bond acceptors (Lipinski definition) is 3. The van der Waals surface area contributed by atoms with Crippen LogP contribution >= 0.6 is 0 Å². The molecule has 2 fully saturated rings. The van der Waals surface area contributed by atoms with Gasteiger partial charge in [0.25, 0.3) is 5.56 Å². The number of aryl methyl sites for hydroxylation is 1. The number of pyridine rings is 1. The highest BCUT2D eigenvalue weighted by Gasteiger charge is 2.21. The molecule has 1 aliphatic carbocycles. The summed E-state index contributed by atoms with van der Waals surface area (Å²) in [6, 6.07) is 4.63. The van der Waals surface area contributed by atoms with Crippen molar-refractivity contribution in [3.05, 3.63) is 33.7 Å². The lowest BCUT2D eigenvalue weighted by atomic mass is 10.2. The molecule has 0 amide bonds. The zero-order chi connectivity index (χ0) is 13.2. The molecule has 0 bridgehead atoms. The van der Waals surface area contributed by atoms with Crippen molar-refractivity contribution in [2.75, 3.05) is 6.61 Å². The van der Waals surface area contributed by atoms with E-state index in [1.807, 2.05) is 23.6 Å². The smallest absolute Gasteiger partial charge is 0.255 e. The number of rotatable bonds is 5. The number of nitrogens with zero attached hydrogens (tertiary/aromatic N) is 1. The van der Waals surface area contributed by atoms with Gasteiger partial charge in [0, 0.05) is 30.5 Å². The van der Waals surface area contributed by atoms with Crippen LogP contribution in [-0.4, -0.2) is 23.3 Å². The lowest BCUT2D eigenvalue weighted by molar-refractivity contribution is 0.0955. The Labute approximate surface area is 113 Å². The topological polar surface area (TPSA) is 43.3 Å². The van der Waals surface area contributed by atoms with Gasteiger partial charge in [0.2, 0.25) is 0 Å². The minimum Gasteiger partial charge on any atom is -0.376 e. The third kappa shape index (κ3) is 3.07. The first-order valence-electron chi connectivity index (χ1n) is 7.28. The van der Waals surface area contributed by atoms with Crippen LogP contribution in [0.4, 0.5) is 0 Å². The minimum absolute atomic E-state index is 0.142. The predicted molar refractivity (Wildman–Crippen MR) is 74.3 cm³/mol. The van der Waals surface area contributed by atoms with Crippen molar-refractivity contribution >= 4 is 0 Å². The van der Waals surface area contributed by atoms with Crippen molar-refractivity contribution in [2.24, 2.45) is 0 Å². The molecule has 1 saturated heterocycles. The molecule has 3 rings (SSSR count). The second kappa shape index (κ2) is 5.47. The summed E-state index contributed by atoms with van der Waals surface area (Å²) < 4.78 is 7.51. The van der Waals surface area contributed by atoms with Crippen molar-refractivity contribution in [1.82, 2.24) is 9.88 Å². The largest absolute Gasteiger partial charge is 0.376 e. The number of hydrogen-bond donors (Lipinski definition) is 1. The SMILES string of the molecule is Cc1ccc(CNC2CC2)c(=O)n1CC1CCCO1. The van der Waals surface area contributed by atoms with Gasteiger partial charge >= 0.3 is 0 Å². The Hall–Kier alpha value is -1.13. The first kappa shape index (κ1) is 12.9. The third-order valence-corrected chi connectivity index (χ3v) is 4.04. The van der Waals surface area contributed by atoms with Crippen LogP contribution in [0, 0.1) is 6.92 Å². The molecule has 1 unspecified atom stereocenters. The van der Waals surface area contributed by atoms with E-state index in [-0.39, 0.29) is 11.7 Å². The first-order chi connectivity index (χ1) is 9.24. The van der Waals surface area contributed by atoms with E-state index in [0.29, 0.717) is 19.1 Å². The zero-order valence-corrected chi connectivity index (χ0v) is 11.5. The predicted octanol–water partition coefficient (Wildman–Crippen LogP) is 1.59. The molecule has 0 aromatic carbocycles. The van der Waals surface area contributed by atoms with Crippen LogP contribution in [0.25, 0.3) is 0 Å². The van der Waals surface area contributed by atoms with Crippen molar-refractivity contribution in [2.45, 2.75) is 57.8 Å².